The van der Waals surface area contributed by atoms with E-state index in [2.05, 4.69) is 15.0 Å². The largest absolute Gasteiger partial charge is 0.573 e. The summed E-state index contributed by atoms with van der Waals surface area (Å²) in [6, 6.07) is 5.30. The molecular weight excluding hydrogens is 321 g/mol. The standard InChI is InChI=1S/C16H17F3N4O/c1-22-15-13(11(9-20)5-3-7-23-15)14(21)10-4-2-6-12(8-10)24-16(17,18)19/h2-4,6-8,21H,5,9,20H2,1H3,(H,22,23). The van der Waals surface area contributed by atoms with Crippen molar-refractivity contribution in [3.05, 3.63) is 53.3 Å². The Morgan fingerprint density at radius 1 is 1.42 bits per heavy atom. The summed E-state index contributed by atoms with van der Waals surface area (Å²) in [6.07, 6.45) is -0.719. The highest BCUT2D eigenvalue weighted by Gasteiger charge is 2.31. The Balaban J connectivity index is 2.42. The predicted octanol–water partition coefficient (Wildman–Crippen LogP) is 2.74. The minimum absolute atomic E-state index is 0.0277. The quantitative estimate of drug-likeness (QED) is 0.738. The van der Waals surface area contributed by atoms with E-state index in [0.717, 1.165) is 5.57 Å². The molecule has 2 rings (SSSR count). The van der Waals surface area contributed by atoms with E-state index in [-0.39, 0.29) is 23.6 Å². The van der Waals surface area contributed by atoms with Crippen molar-refractivity contribution in [2.24, 2.45) is 10.7 Å². The number of nitrogens with one attached hydrogen (secondary N) is 2. The number of alkyl halides is 3. The number of rotatable bonds is 4. The molecule has 1 aliphatic rings. The van der Waals surface area contributed by atoms with Crippen molar-refractivity contribution >= 4 is 11.5 Å². The van der Waals surface area contributed by atoms with Gasteiger partial charge in [0, 0.05) is 24.7 Å². The zero-order valence-electron chi connectivity index (χ0n) is 12.9. The molecule has 24 heavy (non-hydrogen) atoms. The number of nitrogens with zero attached hydrogens (tertiary/aromatic N) is 1. The van der Waals surface area contributed by atoms with Gasteiger partial charge in [-0.3, -0.25) is 10.4 Å². The van der Waals surface area contributed by atoms with E-state index < -0.39 is 6.36 Å². The molecule has 0 spiro atoms. The highest BCUT2D eigenvalue weighted by molar-refractivity contribution is 6.29. The van der Waals surface area contributed by atoms with Crippen molar-refractivity contribution in [1.29, 1.82) is 5.41 Å². The molecule has 128 valence electrons. The number of amidine groups is 1. The number of hydrogen-bond acceptors (Lipinski definition) is 4. The molecule has 0 fully saturated rings. The molecule has 0 bridgehead atoms. The predicted molar refractivity (Wildman–Crippen MR) is 86.3 cm³/mol. The van der Waals surface area contributed by atoms with Crippen molar-refractivity contribution in [3.8, 4) is 5.75 Å². The van der Waals surface area contributed by atoms with Gasteiger partial charge in [0.15, 0.2) is 0 Å². The average Bonchev–Trinajstić information content (AvgIpc) is 2.74. The molecular formula is C16H17F3N4O. The number of nitrogens with two attached hydrogens (primary N) is 1. The lowest BCUT2D eigenvalue weighted by Crippen LogP contribution is -2.26. The summed E-state index contributed by atoms with van der Waals surface area (Å²) in [5, 5.41) is 11.4. The Morgan fingerprint density at radius 2 is 2.17 bits per heavy atom. The van der Waals surface area contributed by atoms with Crippen LogP contribution in [-0.4, -0.2) is 31.5 Å². The lowest BCUT2D eigenvalue weighted by molar-refractivity contribution is -0.274. The van der Waals surface area contributed by atoms with Crippen LogP contribution in [0.15, 0.2) is 52.7 Å². The third kappa shape index (κ3) is 4.23. The van der Waals surface area contributed by atoms with Gasteiger partial charge in [-0.25, -0.2) is 0 Å². The Hall–Kier alpha value is -2.61. The summed E-state index contributed by atoms with van der Waals surface area (Å²) < 4.78 is 41.0. The maximum atomic E-state index is 12.4. The van der Waals surface area contributed by atoms with Crippen LogP contribution in [0.3, 0.4) is 0 Å². The van der Waals surface area contributed by atoms with Crippen LogP contribution >= 0.6 is 0 Å². The van der Waals surface area contributed by atoms with Gasteiger partial charge in [-0.15, -0.1) is 13.2 Å². The van der Waals surface area contributed by atoms with Crippen LogP contribution in [-0.2, 0) is 0 Å². The Kier molecular flexibility index (Phi) is 5.40. The number of hydrogen-bond donors (Lipinski definition) is 3. The van der Waals surface area contributed by atoms with Crippen molar-refractivity contribution in [2.45, 2.75) is 12.8 Å². The number of halogens is 3. The van der Waals surface area contributed by atoms with Gasteiger partial charge < -0.3 is 15.8 Å². The van der Waals surface area contributed by atoms with E-state index in [4.69, 9.17) is 11.1 Å². The first-order valence-corrected chi connectivity index (χ1v) is 7.11. The monoisotopic (exact) mass is 338 g/mol. The molecule has 1 aromatic rings. The molecule has 0 saturated carbocycles. The average molecular weight is 338 g/mol. The molecule has 0 atom stereocenters. The number of benzene rings is 1. The number of ether oxygens (including phenoxy) is 1. The molecule has 1 aromatic carbocycles. The van der Waals surface area contributed by atoms with E-state index in [0.29, 0.717) is 17.8 Å². The van der Waals surface area contributed by atoms with Crippen LogP contribution in [0.4, 0.5) is 13.2 Å². The first-order chi connectivity index (χ1) is 11.4. The van der Waals surface area contributed by atoms with Gasteiger partial charge >= 0.3 is 6.36 Å². The molecule has 0 radical (unpaired) electrons. The zero-order chi connectivity index (χ0) is 17.7. The summed E-state index contributed by atoms with van der Waals surface area (Å²) in [5.74, 6) is 0.0608. The minimum atomic E-state index is -4.79. The normalized spacial score (nSPS) is 16.8. The second kappa shape index (κ2) is 7.31. The third-order valence-corrected chi connectivity index (χ3v) is 3.37. The van der Waals surface area contributed by atoms with Gasteiger partial charge in [0.1, 0.15) is 11.6 Å². The van der Waals surface area contributed by atoms with E-state index in [1.54, 1.807) is 13.2 Å². The Morgan fingerprint density at radius 3 is 2.79 bits per heavy atom. The van der Waals surface area contributed by atoms with Crippen molar-refractivity contribution in [2.75, 3.05) is 13.6 Å². The maximum absolute atomic E-state index is 12.4. The van der Waals surface area contributed by atoms with Gasteiger partial charge in [-0.1, -0.05) is 18.2 Å². The topological polar surface area (TPSA) is 83.5 Å². The van der Waals surface area contributed by atoms with E-state index in [1.165, 1.54) is 24.3 Å². The third-order valence-electron chi connectivity index (χ3n) is 3.37. The Bertz CT molecular complexity index is 720. The van der Waals surface area contributed by atoms with Crippen LogP contribution in [0.25, 0.3) is 0 Å². The van der Waals surface area contributed by atoms with Crippen molar-refractivity contribution in [3.63, 3.8) is 0 Å². The molecule has 5 nitrogen and oxygen atoms in total. The molecule has 0 saturated heterocycles. The SMILES string of the molecule is CN=C1NC=CCC(CN)=C1C(=N)c1cccc(OC(F)(F)F)c1. The van der Waals surface area contributed by atoms with Crippen LogP contribution in [0.2, 0.25) is 0 Å². The number of aliphatic imine (C=N–C) groups is 1. The summed E-state index contributed by atoms with van der Waals surface area (Å²) in [5.41, 5.74) is 7.32. The van der Waals surface area contributed by atoms with Crippen molar-refractivity contribution < 1.29 is 17.9 Å². The summed E-state index contributed by atoms with van der Waals surface area (Å²) >= 11 is 0. The zero-order valence-corrected chi connectivity index (χ0v) is 12.9. The minimum Gasteiger partial charge on any atom is -0.406 e. The molecule has 8 heteroatoms. The van der Waals surface area contributed by atoms with E-state index in [1.807, 2.05) is 6.08 Å². The van der Waals surface area contributed by atoms with Gasteiger partial charge in [0.2, 0.25) is 0 Å². The fraction of sp³-hybridized carbons (Fsp3) is 0.250. The summed E-state index contributed by atoms with van der Waals surface area (Å²) in [7, 11) is 1.56. The molecule has 0 unspecified atom stereocenters. The smallest absolute Gasteiger partial charge is 0.406 e. The van der Waals surface area contributed by atoms with E-state index >= 15 is 0 Å². The van der Waals surface area contributed by atoms with Crippen LogP contribution in [0, 0.1) is 5.41 Å². The van der Waals surface area contributed by atoms with Gasteiger partial charge in [-0.05, 0) is 30.3 Å². The van der Waals surface area contributed by atoms with Crippen LogP contribution < -0.4 is 15.8 Å². The second-order valence-corrected chi connectivity index (χ2v) is 4.96. The van der Waals surface area contributed by atoms with Gasteiger partial charge in [-0.2, -0.15) is 0 Å². The lowest BCUT2D eigenvalue weighted by atomic mass is 9.95. The molecule has 1 aliphatic heterocycles. The van der Waals surface area contributed by atoms with Gasteiger partial charge in [0.25, 0.3) is 0 Å². The van der Waals surface area contributed by atoms with Crippen LogP contribution in [0.5, 0.6) is 5.75 Å². The summed E-state index contributed by atoms with van der Waals surface area (Å²) in [4.78, 5) is 4.10. The Labute approximate surface area is 137 Å². The van der Waals surface area contributed by atoms with Crippen LogP contribution in [0.1, 0.15) is 12.0 Å². The second-order valence-electron chi connectivity index (χ2n) is 4.96. The highest BCUT2D eigenvalue weighted by Crippen LogP contribution is 2.25. The van der Waals surface area contributed by atoms with E-state index in [9.17, 15) is 13.2 Å². The fourth-order valence-corrected chi connectivity index (χ4v) is 2.33. The lowest BCUT2D eigenvalue weighted by Gasteiger charge is -2.16. The first kappa shape index (κ1) is 17.7. The summed E-state index contributed by atoms with van der Waals surface area (Å²) in [6.45, 7) is 0.210. The molecule has 0 aromatic heterocycles. The fourth-order valence-electron chi connectivity index (χ4n) is 2.33. The molecule has 1 heterocycles. The molecule has 0 amide bonds. The molecule has 4 N–H and O–H groups in total. The number of allylic oxidation sites excluding steroid dienone is 1. The first-order valence-electron chi connectivity index (χ1n) is 7.11. The maximum Gasteiger partial charge on any atom is 0.573 e. The highest BCUT2D eigenvalue weighted by atomic mass is 19.4. The van der Waals surface area contributed by atoms with Crippen molar-refractivity contribution in [1.82, 2.24) is 5.32 Å². The van der Waals surface area contributed by atoms with Gasteiger partial charge in [0.05, 0.1) is 5.71 Å². The molecule has 0 aliphatic carbocycles.